The molecule has 2 aliphatic rings. The molecule has 0 bridgehead atoms. The standard InChI is InChI=1S/C9H12N4O3/c10-7(15)8-11-4-13(12-8)6-1-5-2-9(5,3-14)16-6/h4-6,14H,1-3H2,(H2,10,15)/t5?,6-,9-/m0/s1. The molecule has 2 fully saturated rings. The average Bonchev–Trinajstić information content (AvgIpc) is 2.72. The minimum atomic E-state index is -0.654. The van der Waals surface area contributed by atoms with Gasteiger partial charge in [-0.15, -0.1) is 5.10 Å². The van der Waals surface area contributed by atoms with E-state index in [0.29, 0.717) is 5.92 Å². The molecule has 0 aromatic carbocycles. The highest BCUT2D eigenvalue weighted by Crippen LogP contribution is 2.58. The summed E-state index contributed by atoms with van der Waals surface area (Å²) in [5.74, 6) is -0.273. The first-order valence-corrected chi connectivity index (χ1v) is 5.14. The number of rotatable bonds is 3. The first-order valence-electron chi connectivity index (χ1n) is 5.14. The Balaban J connectivity index is 1.77. The van der Waals surface area contributed by atoms with Crippen LogP contribution in [0.3, 0.4) is 0 Å². The lowest BCUT2D eigenvalue weighted by molar-refractivity contribution is -0.0652. The summed E-state index contributed by atoms with van der Waals surface area (Å²) in [4.78, 5) is 14.6. The highest BCUT2D eigenvalue weighted by Gasteiger charge is 2.62. The van der Waals surface area contributed by atoms with E-state index in [1.54, 1.807) is 0 Å². The van der Waals surface area contributed by atoms with Crippen molar-refractivity contribution in [1.82, 2.24) is 14.8 Å². The molecule has 3 atom stereocenters. The third kappa shape index (κ3) is 1.25. The molecule has 7 heteroatoms. The van der Waals surface area contributed by atoms with Crippen LogP contribution in [-0.4, -0.2) is 38.0 Å². The van der Waals surface area contributed by atoms with Gasteiger partial charge in [0.1, 0.15) is 6.33 Å². The van der Waals surface area contributed by atoms with Crippen LogP contribution in [0.4, 0.5) is 0 Å². The van der Waals surface area contributed by atoms with Gasteiger partial charge in [0.2, 0.25) is 5.82 Å². The van der Waals surface area contributed by atoms with E-state index in [1.165, 1.54) is 11.0 Å². The molecule has 86 valence electrons. The zero-order valence-corrected chi connectivity index (χ0v) is 8.54. The Morgan fingerprint density at radius 3 is 3.19 bits per heavy atom. The number of hydrogen-bond acceptors (Lipinski definition) is 5. The molecule has 1 unspecified atom stereocenters. The molecule has 1 saturated carbocycles. The van der Waals surface area contributed by atoms with E-state index in [9.17, 15) is 9.90 Å². The Morgan fingerprint density at radius 1 is 1.81 bits per heavy atom. The Morgan fingerprint density at radius 2 is 2.62 bits per heavy atom. The molecular weight excluding hydrogens is 212 g/mol. The van der Waals surface area contributed by atoms with E-state index in [2.05, 4.69) is 10.1 Å². The zero-order valence-electron chi connectivity index (χ0n) is 8.54. The molecule has 0 spiro atoms. The molecule has 0 radical (unpaired) electrons. The maximum absolute atomic E-state index is 10.8. The molecule has 1 aromatic rings. The molecule has 3 rings (SSSR count). The van der Waals surface area contributed by atoms with Gasteiger partial charge >= 0.3 is 0 Å². The monoisotopic (exact) mass is 224 g/mol. The second-order valence-electron chi connectivity index (χ2n) is 4.34. The van der Waals surface area contributed by atoms with Crippen molar-refractivity contribution in [3.8, 4) is 0 Å². The molecule has 2 heterocycles. The summed E-state index contributed by atoms with van der Waals surface area (Å²) >= 11 is 0. The Bertz CT molecular complexity index is 442. The van der Waals surface area contributed by atoms with E-state index in [4.69, 9.17) is 10.5 Å². The highest BCUT2D eigenvalue weighted by molar-refractivity contribution is 5.88. The molecule has 1 saturated heterocycles. The van der Waals surface area contributed by atoms with Crippen molar-refractivity contribution in [2.24, 2.45) is 11.7 Å². The number of carbonyl (C=O) groups excluding carboxylic acids is 1. The van der Waals surface area contributed by atoms with Crippen molar-refractivity contribution in [3.63, 3.8) is 0 Å². The van der Waals surface area contributed by atoms with Crippen molar-refractivity contribution in [1.29, 1.82) is 0 Å². The van der Waals surface area contributed by atoms with Crippen LogP contribution >= 0.6 is 0 Å². The lowest BCUT2D eigenvalue weighted by Crippen LogP contribution is -2.21. The smallest absolute Gasteiger partial charge is 0.288 e. The van der Waals surface area contributed by atoms with Gasteiger partial charge in [-0.25, -0.2) is 9.67 Å². The number of aliphatic hydroxyl groups is 1. The van der Waals surface area contributed by atoms with Crippen molar-refractivity contribution < 1.29 is 14.6 Å². The Hall–Kier alpha value is -1.47. The van der Waals surface area contributed by atoms with Crippen LogP contribution in [0.2, 0.25) is 0 Å². The van der Waals surface area contributed by atoms with Crippen molar-refractivity contribution in [3.05, 3.63) is 12.2 Å². The van der Waals surface area contributed by atoms with Crippen molar-refractivity contribution >= 4 is 5.91 Å². The van der Waals surface area contributed by atoms with E-state index >= 15 is 0 Å². The molecule has 1 aliphatic heterocycles. The van der Waals surface area contributed by atoms with Crippen molar-refractivity contribution in [2.75, 3.05) is 6.61 Å². The minimum Gasteiger partial charge on any atom is -0.393 e. The first kappa shape index (κ1) is 9.73. The largest absolute Gasteiger partial charge is 0.393 e. The van der Waals surface area contributed by atoms with E-state index < -0.39 is 5.91 Å². The number of nitrogens with two attached hydrogens (primary N) is 1. The first-order chi connectivity index (χ1) is 7.64. The third-order valence-electron chi connectivity index (χ3n) is 3.32. The van der Waals surface area contributed by atoms with Gasteiger partial charge in [-0.3, -0.25) is 4.79 Å². The average molecular weight is 224 g/mol. The summed E-state index contributed by atoms with van der Waals surface area (Å²) in [5.41, 5.74) is 4.68. The molecule has 3 N–H and O–H groups in total. The van der Waals surface area contributed by atoms with Crippen LogP contribution in [-0.2, 0) is 4.74 Å². The van der Waals surface area contributed by atoms with E-state index in [-0.39, 0.29) is 24.3 Å². The molecule has 7 nitrogen and oxygen atoms in total. The van der Waals surface area contributed by atoms with Gasteiger partial charge in [0, 0.05) is 0 Å². The number of ether oxygens (including phenoxy) is 1. The molecular formula is C9H12N4O3. The Kier molecular flexibility index (Phi) is 1.84. The summed E-state index contributed by atoms with van der Waals surface area (Å²) in [5, 5.41) is 13.1. The summed E-state index contributed by atoms with van der Waals surface area (Å²) in [7, 11) is 0. The van der Waals surface area contributed by atoms with Crippen LogP contribution in [0.1, 0.15) is 29.7 Å². The van der Waals surface area contributed by atoms with Crippen LogP contribution in [0.5, 0.6) is 0 Å². The highest BCUT2D eigenvalue weighted by atomic mass is 16.6. The van der Waals surface area contributed by atoms with Crippen LogP contribution in [0.15, 0.2) is 6.33 Å². The fourth-order valence-corrected chi connectivity index (χ4v) is 2.28. The fourth-order valence-electron chi connectivity index (χ4n) is 2.28. The molecule has 16 heavy (non-hydrogen) atoms. The SMILES string of the molecule is NC(=O)c1ncn([C@@H]2CC3C[C@@]3(CO)O2)n1. The molecule has 1 amide bonds. The van der Waals surface area contributed by atoms with Crippen LogP contribution in [0.25, 0.3) is 0 Å². The summed E-state index contributed by atoms with van der Waals surface area (Å²) in [6.45, 7) is 0.0333. The summed E-state index contributed by atoms with van der Waals surface area (Å²) in [6.07, 6.45) is 2.88. The number of primary amides is 1. The molecule has 1 aromatic heterocycles. The zero-order chi connectivity index (χ0) is 11.3. The summed E-state index contributed by atoms with van der Waals surface area (Å²) < 4.78 is 7.20. The number of hydrogen-bond donors (Lipinski definition) is 2. The van der Waals surface area contributed by atoms with Gasteiger partial charge < -0.3 is 15.6 Å². The number of fused-ring (bicyclic) bond motifs is 1. The fraction of sp³-hybridized carbons (Fsp3) is 0.667. The van der Waals surface area contributed by atoms with E-state index in [0.717, 1.165) is 12.8 Å². The van der Waals surface area contributed by atoms with Crippen LogP contribution in [0, 0.1) is 5.92 Å². The van der Waals surface area contributed by atoms with Crippen LogP contribution < -0.4 is 5.73 Å². The number of aromatic nitrogens is 3. The lowest BCUT2D eigenvalue weighted by atomic mass is 10.2. The predicted octanol–water partition coefficient (Wildman–Crippen LogP) is -0.953. The summed E-state index contributed by atoms with van der Waals surface area (Å²) in [6, 6.07) is 0. The maximum atomic E-state index is 10.8. The number of amides is 1. The minimum absolute atomic E-state index is 0.0118. The van der Waals surface area contributed by atoms with Gasteiger partial charge in [0.15, 0.2) is 6.23 Å². The van der Waals surface area contributed by atoms with E-state index in [1.807, 2.05) is 0 Å². The maximum Gasteiger partial charge on any atom is 0.288 e. The lowest BCUT2D eigenvalue weighted by Gasteiger charge is -2.16. The number of aliphatic hydroxyl groups excluding tert-OH is 1. The second-order valence-corrected chi connectivity index (χ2v) is 4.34. The molecule has 1 aliphatic carbocycles. The van der Waals surface area contributed by atoms with Gasteiger partial charge in [0.25, 0.3) is 5.91 Å². The number of carbonyl (C=O) groups is 1. The predicted molar refractivity (Wildman–Crippen MR) is 51.2 cm³/mol. The van der Waals surface area contributed by atoms with Gasteiger partial charge in [-0.05, 0) is 18.8 Å². The second kappa shape index (κ2) is 3.02. The quantitative estimate of drug-likeness (QED) is 0.688. The van der Waals surface area contributed by atoms with Crippen molar-refractivity contribution in [2.45, 2.75) is 24.7 Å². The topological polar surface area (TPSA) is 103 Å². The van der Waals surface area contributed by atoms with Gasteiger partial charge in [-0.2, -0.15) is 0 Å². The van der Waals surface area contributed by atoms with Gasteiger partial charge in [-0.1, -0.05) is 0 Å². The van der Waals surface area contributed by atoms with Gasteiger partial charge in [0.05, 0.1) is 12.2 Å². The number of nitrogens with zero attached hydrogens (tertiary/aromatic N) is 3. The Labute approximate surface area is 91.2 Å². The third-order valence-corrected chi connectivity index (χ3v) is 3.32. The normalized spacial score (nSPS) is 36.1.